The topological polar surface area (TPSA) is 72.0 Å². The van der Waals surface area contributed by atoms with Crippen LogP contribution in [-0.2, 0) is 17.8 Å². The molecule has 2 aromatic carbocycles. The lowest BCUT2D eigenvalue weighted by Gasteiger charge is -2.34. The molecule has 0 atom stereocenters. The predicted octanol–water partition coefficient (Wildman–Crippen LogP) is 3.91. The maximum atomic E-state index is 12.9. The molecule has 172 valence electrons. The van der Waals surface area contributed by atoms with Crippen LogP contribution in [-0.4, -0.2) is 59.9 Å². The minimum atomic E-state index is -0.121. The molecule has 4 rings (SSSR count). The van der Waals surface area contributed by atoms with Crippen molar-refractivity contribution in [2.75, 3.05) is 33.3 Å². The lowest BCUT2D eigenvalue weighted by Crippen LogP contribution is -2.51. The quantitative estimate of drug-likeness (QED) is 0.507. The molecule has 0 radical (unpaired) electrons. The Bertz CT molecular complexity index is 1110. The highest BCUT2D eigenvalue weighted by Gasteiger charge is 2.26. The maximum absolute atomic E-state index is 12.9. The van der Waals surface area contributed by atoms with E-state index in [-0.39, 0.29) is 18.4 Å². The molecular weight excluding hydrogens is 462 g/mol. The first kappa shape index (κ1) is 23.1. The molecule has 33 heavy (non-hydrogen) atoms. The van der Waals surface area contributed by atoms with Crippen molar-refractivity contribution < 1.29 is 19.1 Å². The Hall–Kier alpha value is -3.10. The summed E-state index contributed by atoms with van der Waals surface area (Å²) >= 11 is 7.27. The van der Waals surface area contributed by atoms with E-state index in [1.165, 1.54) is 11.3 Å². The summed E-state index contributed by atoms with van der Waals surface area (Å²) in [5.74, 6) is 1.35. The molecule has 2 amide bonds. The highest BCUT2D eigenvalue weighted by atomic mass is 35.5. The molecule has 0 bridgehead atoms. The van der Waals surface area contributed by atoms with Crippen molar-refractivity contribution in [2.24, 2.45) is 0 Å². The largest absolute Gasteiger partial charge is 0.497 e. The van der Waals surface area contributed by atoms with Gasteiger partial charge in [-0.3, -0.25) is 9.59 Å². The van der Waals surface area contributed by atoms with Gasteiger partial charge in [0.15, 0.2) is 0 Å². The summed E-state index contributed by atoms with van der Waals surface area (Å²) in [5, 5.41) is 3.12. The van der Waals surface area contributed by atoms with Gasteiger partial charge in [0.1, 0.15) is 28.8 Å². The number of piperazine rings is 1. The van der Waals surface area contributed by atoms with Gasteiger partial charge in [0.2, 0.25) is 5.91 Å². The molecule has 0 spiro atoms. The van der Waals surface area contributed by atoms with Crippen molar-refractivity contribution in [3.63, 3.8) is 0 Å². The van der Waals surface area contributed by atoms with Crippen molar-refractivity contribution in [3.8, 4) is 11.5 Å². The molecule has 2 heterocycles. The van der Waals surface area contributed by atoms with Gasteiger partial charge in [-0.25, -0.2) is 4.98 Å². The number of nitrogens with zero attached hydrogens (tertiary/aromatic N) is 3. The first-order chi connectivity index (χ1) is 16.0. The average Bonchev–Trinajstić information content (AvgIpc) is 3.32. The van der Waals surface area contributed by atoms with Crippen molar-refractivity contribution in [2.45, 2.75) is 13.0 Å². The Balaban J connectivity index is 1.26. The third-order valence-corrected chi connectivity index (χ3v) is 6.43. The lowest BCUT2D eigenvalue weighted by atomic mass is 10.1. The van der Waals surface area contributed by atoms with E-state index in [0.717, 1.165) is 16.3 Å². The molecule has 9 heteroatoms. The Labute approximate surface area is 201 Å². The van der Waals surface area contributed by atoms with Crippen LogP contribution in [0.2, 0.25) is 5.02 Å². The number of aromatic nitrogens is 1. The fourth-order valence-electron chi connectivity index (χ4n) is 3.54. The summed E-state index contributed by atoms with van der Waals surface area (Å²) < 4.78 is 10.9. The van der Waals surface area contributed by atoms with Gasteiger partial charge in [0, 0.05) is 36.6 Å². The van der Waals surface area contributed by atoms with Gasteiger partial charge >= 0.3 is 0 Å². The zero-order chi connectivity index (χ0) is 23.2. The molecule has 1 aliphatic heterocycles. The number of carbonyl (C=O) groups excluding carboxylic acids is 2. The van der Waals surface area contributed by atoms with Crippen molar-refractivity contribution in [1.82, 2.24) is 14.8 Å². The normalized spacial score (nSPS) is 13.6. The van der Waals surface area contributed by atoms with Crippen LogP contribution in [0.5, 0.6) is 11.5 Å². The molecule has 1 aromatic heterocycles. The molecule has 0 aliphatic carbocycles. The summed E-state index contributed by atoms with van der Waals surface area (Å²) in [7, 11) is 1.61. The van der Waals surface area contributed by atoms with Gasteiger partial charge in [-0.2, -0.15) is 0 Å². The standard InChI is InChI=1S/C24H24ClN3O4S/c1-31-20-4-2-3-17(13-20)14-23(29)27-9-11-28(12-10-27)24(30)21-16-33-22(26-21)15-32-19-7-5-18(25)6-8-19/h2-8,13,16H,9-12,14-15H2,1H3. The van der Waals surface area contributed by atoms with E-state index in [0.29, 0.717) is 49.1 Å². The van der Waals surface area contributed by atoms with Crippen LogP contribution < -0.4 is 9.47 Å². The van der Waals surface area contributed by atoms with Gasteiger partial charge in [-0.05, 0) is 42.0 Å². The summed E-state index contributed by atoms with van der Waals surface area (Å²) in [6, 6.07) is 14.6. The highest BCUT2D eigenvalue weighted by Crippen LogP contribution is 2.19. The van der Waals surface area contributed by atoms with E-state index < -0.39 is 0 Å². The van der Waals surface area contributed by atoms with E-state index >= 15 is 0 Å². The molecule has 1 fully saturated rings. The number of ether oxygens (including phenoxy) is 2. The smallest absolute Gasteiger partial charge is 0.273 e. The Morgan fingerprint density at radius 3 is 2.48 bits per heavy atom. The van der Waals surface area contributed by atoms with E-state index in [2.05, 4.69) is 4.98 Å². The van der Waals surface area contributed by atoms with Crippen LogP contribution >= 0.6 is 22.9 Å². The third kappa shape index (κ3) is 6.03. The molecule has 3 aromatic rings. The van der Waals surface area contributed by atoms with E-state index in [4.69, 9.17) is 21.1 Å². The molecular formula is C24H24ClN3O4S. The van der Waals surface area contributed by atoms with Crippen LogP contribution in [0.15, 0.2) is 53.9 Å². The van der Waals surface area contributed by atoms with Crippen molar-refractivity contribution in [1.29, 1.82) is 0 Å². The minimum Gasteiger partial charge on any atom is -0.497 e. The van der Waals surface area contributed by atoms with Crippen LogP contribution in [0.3, 0.4) is 0 Å². The molecule has 1 saturated heterocycles. The molecule has 7 nitrogen and oxygen atoms in total. The van der Waals surface area contributed by atoms with Crippen LogP contribution in [0.4, 0.5) is 0 Å². The van der Waals surface area contributed by atoms with Crippen LogP contribution in [0.1, 0.15) is 21.1 Å². The summed E-state index contributed by atoms with van der Waals surface area (Å²) in [4.78, 5) is 33.5. The fraction of sp³-hybridized carbons (Fsp3) is 0.292. The lowest BCUT2D eigenvalue weighted by molar-refractivity contribution is -0.131. The van der Waals surface area contributed by atoms with Crippen molar-refractivity contribution >= 4 is 34.8 Å². The van der Waals surface area contributed by atoms with E-state index in [1.807, 2.05) is 24.3 Å². The van der Waals surface area contributed by atoms with Gasteiger partial charge in [-0.1, -0.05) is 23.7 Å². The first-order valence-electron chi connectivity index (χ1n) is 10.5. The Morgan fingerprint density at radius 1 is 1.03 bits per heavy atom. The summed E-state index contributed by atoms with van der Waals surface area (Å²) in [5.41, 5.74) is 1.32. The second-order valence-corrected chi connectivity index (χ2v) is 8.95. The number of halogens is 1. The zero-order valence-corrected chi connectivity index (χ0v) is 19.8. The van der Waals surface area contributed by atoms with Gasteiger partial charge in [-0.15, -0.1) is 11.3 Å². The number of benzene rings is 2. The fourth-order valence-corrected chi connectivity index (χ4v) is 4.35. The third-order valence-electron chi connectivity index (χ3n) is 5.36. The maximum Gasteiger partial charge on any atom is 0.273 e. The number of carbonyl (C=O) groups is 2. The predicted molar refractivity (Wildman–Crippen MR) is 127 cm³/mol. The monoisotopic (exact) mass is 485 g/mol. The van der Waals surface area contributed by atoms with Crippen LogP contribution in [0.25, 0.3) is 0 Å². The second-order valence-electron chi connectivity index (χ2n) is 7.57. The summed E-state index contributed by atoms with van der Waals surface area (Å²) in [6.07, 6.45) is 0.314. The van der Waals surface area contributed by atoms with Gasteiger partial charge < -0.3 is 19.3 Å². The SMILES string of the molecule is COc1cccc(CC(=O)N2CCN(C(=O)c3csc(COc4ccc(Cl)cc4)n3)CC2)c1. The zero-order valence-electron chi connectivity index (χ0n) is 18.2. The second kappa shape index (κ2) is 10.7. The molecule has 0 N–H and O–H groups in total. The Kier molecular flexibility index (Phi) is 7.47. The van der Waals surface area contributed by atoms with Crippen molar-refractivity contribution in [3.05, 3.63) is 75.2 Å². The first-order valence-corrected chi connectivity index (χ1v) is 11.8. The van der Waals surface area contributed by atoms with E-state index in [1.54, 1.807) is 46.6 Å². The average molecular weight is 486 g/mol. The van der Waals surface area contributed by atoms with E-state index in [9.17, 15) is 9.59 Å². The number of amides is 2. The highest BCUT2D eigenvalue weighted by molar-refractivity contribution is 7.09. The number of methoxy groups -OCH3 is 1. The molecule has 0 saturated carbocycles. The number of hydrogen-bond donors (Lipinski definition) is 0. The number of thiazole rings is 1. The molecule has 1 aliphatic rings. The van der Waals surface area contributed by atoms with Gasteiger partial charge in [0.25, 0.3) is 5.91 Å². The number of rotatable bonds is 7. The minimum absolute atomic E-state index is 0.0469. The van der Waals surface area contributed by atoms with Crippen LogP contribution in [0, 0.1) is 0 Å². The Morgan fingerprint density at radius 2 is 1.76 bits per heavy atom. The van der Waals surface area contributed by atoms with Gasteiger partial charge in [0.05, 0.1) is 13.5 Å². The summed E-state index contributed by atoms with van der Waals surface area (Å²) in [6.45, 7) is 2.26. The number of hydrogen-bond acceptors (Lipinski definition) is 6. The molecule has 0 unspecified atom stereocenters.